The summed E-state index contributed by atoms with van der Waals surface area (Å²) in [5, 5.41) is 0. The van der Waals surface area contributed by atoms with Gasteiger partial charge in [0.15, 0.2) is 0 Å². The van der Waals surface area contributed by atoms with Gasteiger partial charge in [-0.05, 0) is 43.9 Å². The van der Waals surface area contributed by atoms with Crippen molar-refractivity contribution in [2.75, 3.05) is 6.54 Å². The molecule has 0 bridgehead atoms. The predicted molar refractivity (Wildman–Crippen MR) is 75.9 cm³/mol. The number of nitrogens with one attached hydrogen (secondary N) is 1. The first-order chi connectivity index (χ1) is 8.58. The van der Waals surface area contributed by atoms with Crippen LogP contribution in [0.3, 0.4) is 0 Å². The number of rotatable bonds is 5. The van der Waals surface area contributed by atoms with Gasteiger partial charge in [0.2, 0.25) is 10.0 Å². The van der Waals surface area contributed by atoms with Gasteiger partial charge < -0.3 is 0 Å². The highest BCUT2D eigenvalue weighted by atomic mass is 79.9. The number of hydrogen-bond acceptors (Lipinski definition) is 2. The summed E-state index contributed by atoms with van der Waals surface area (Å²) in [6.45, 7) is 0.473. The third kappa shape index (κ3) is 3.67. The van der Waals surface area contributed by atoms with Gasteiger partial charge in [0, 0.05) is 11.0 Å². The summed E-state index contributed by atoms with van der Waals surface area (Å²) in [6, 6.07) is 6.74. The fourth-order valence-electron chi connectivity index (χ4n) is 2.03. The van der Waals surface area contributed by atoms with Crippen molar-refractivity contribution in [2.45, 2.75) is 30.6 Å². The summed E-state index contributed by atoms with van der Waals surface area (Å²) in [5.74, 6) is 0. The fourth-order valence-corrected chi connectivity index (χ4v) is 3.66. The molecule has 0 aromatic heterocycles. The van der Waals surface area contributed by atoms with Gasteiger partial charge in [-0.2, -0.15) is 0 Å². The molecule has 0 spiro atoms. The lowest BCUT2D eigenvalue weighted by atomic mass is 10.2. The molecule has 0 saturated carbocycles. The first kappa shape index (κ1) is 13.8. The van der Waals surface area contributed by atoms with Crippen LogP contribution in [0.1, 0.15) is 25.7 Å². The van der Waals surface area contributed by atoms with Gasteiger partial charge in [0.1, 0.15) is 0 Å². The highest BCUT2D eigenvalue weighted by molar-refractivity contribution is 9.10. The summed E-state index contributed by atoms with van der Waals surface area (Å²) < 4.78 is 27.4. The second-order valence-corrected chi connectivity index (χ2v) is 7.04. The van der Waals surface area contributed by atoms with Gasteiger partial charge in [-0.3, -0.25) is 0 Å². The number of benzene rings is 1. The number of hydrogen-bond donors (Lipinski definition) is 1. The smallest absolute Gasteiger partial charge is 0.211 e. The van der Waals surface area contributed by atoms with E-state index in [2.05, 4.69) is 26.7 Å². The monoisotopic (exact) mass is 329 g/mol. The predicted octanol–water partition coefficient (Wildman–Crippen LogP) is 3.23. The standard InChI is InChI=1S/C13H16BrNO2S/c14-12-6-3-7-13(10-12)18(16,17)15-9-8-11-4-1-2-5-11/h3-4,6-7,10,15H,1-2,5,8-9H2. The molecule has 5 heteroatoms. The van der Waals surface area contributed by atoms with Crippen LogP contribution in [-0.2, 0) is 10.0 Å². The topological polar surface area (TPSA) is 46.2 Å². The van der Waals surface area contributed by atoms with Gasteiger partial charge in [-0.1, -0.05) is 33.6 Å². The van der Waals surface area contributed by atoms with Crippen molar-refractivity contribution >= 4 is 26.0 Å². The normalized spacial score (nSPS) is 15.7. The molecule has 0 unspecified atom stereocenters. The van der Waals surface area contributed by atoms with E-state index >= 15 is 0 Å². The van der Waals surface area contributed by atoms with Crippen molar-refractivity contribution in [3.05, 3.63) is 40.4 Å². The molecule has 1 N–H and O–H groups in total. The van der Waals surface area contributed by atoms with Crippen molar-refractivity contribution in [3.63, 3.8) is 0 Å². The van der Waals surface area contributed by atoms with Gasteiger partial charge in [-0.25, -0.2) is 13.1 Å². The lowest BCUT2D eigenvalue weighted by Gasteiger charge is -2.07. The van der Waals surface area contributed by atoms with E-state index in [1.54, 1.807) is 18.2 Å². The first-order valence-electron chi connectivity index (χ1n) is 6.01. The van der Waals surface area contributed by atoms with Crippen LogP contribution in [0.15, 0.2) is 45.3 Å². The zero-order valence-corrected chi connectivity index (χ0v) is 12.4. The molecule has 2 rings (SSSR count). The Labute approximate surface area is 116 Å². The van der Waals surface area contributed by atoms with Crippen molar-refractivity contribution in [1.82, 2.24) is 4.72 Å². The van der Waals surface area contributed by atoms with Crippen LogP contribution in [0, 0.1) is 0 Å². The Morgan fingerprint density at radius 2 is 2.17 bits per heavy atom. The van der Waals surface area contributed by atoms with E-state index in [1.165, 1.54) is 12.0 Å². The van der Waals surface area contributed by atoms with E-state index < -0.39 is 10.0 Å². The maximum atomic E-state index is 12.0. The average Bonchev–Trinajstić information content (AvgIpc) is 2.82. The Bertz CT molecular complexity index is 552. The molecule has 0 aliphatic heterocycles. The van der Waals surface area contributed by atoms with E-state index in [0.717, 1.165) is 23.7 Å². The van der Waals surface area contributed by atoms with Crippen LogP contribution in [0.2, 0.25) is 0 Å². The molecule has 0 amide bonds. The van der Waals surface area contributed by atoms with Crippen molar-refractivity contribution in [3.8, 4) is 0 Å². The molecule has 0 saturated heterocycles. The summed E-state index contributed by atoms with van der Waals surface area (Å²) in [6.07, 6.45) is 6.47. The van der Waals surface area contributed by atoms with Gasteiger partial charge in [-0.15, -0.1) is 0 Å². The average molecular weight is 330 g/mol. The second-order valence-electron chi connectivity index (χ2n) is 4.36. The highest BCUT2D eigenvalue weighted by Gasteiger charge is 2.14. The largest absolute Gasteiger partial charge is 0.240 e. The minimum Gasteiger partial charge on any atom is -0.211 e. The van der Waals surface area contributed by atoms with Crippen LogP contribution < -0.4 is 4.72 Å². The molecular formula is C13H16BrNO2S. The molecule has 0 radical (unpaired) electrons. The quantitative estimate of drug-likeness (QED) is 0.843. The van der Waals surface area contributed by atoms with E-state index in [1.807, 2.05) is 6.07 Å². The lowest BCUT2D eigenvalue weighted by Crippen LogP contribution is -2.25. The molecular weight excluding hydrogens is 314 g/mol. The minimum absolute atomic E-state index is 0.303. The SMILES string of the molecule is O=S(=O)(NCCC1=CCCC1)c1cccc(Br)c1. The third-order valence-electron chi connectivity index (χ3n) is 2.98. The zero-order chi connectivity index (χ0) is 13.0. The van der Waals surface area contributed by atoms with E-state index in [9.17, 15) is 8.42 Å². The number of sulfonamides is 1. The Balaban J connectivity index is 1.95. The summed E-state index contributed by atoms with van der Waals surface area (Å²) >= 11 is 3.28. The van der Waals surface area contributed by atoms with Crippen LogP contribution in [-0.4, -0.2) is 15.0 Å². The van der Waals surface area contributed by atoms with Crippen LogP contribution >= 0.6 is 15.9 Å². The van der Waals surface area contributed by atoms with Crippen LogP contribution in [0.4, 0.5) is 0 Å². The maximum absolute atomic E-state index is 12.0. The van der Waals surface area contributed by atoms with Gasteiger partial charge >= 0.3 is 0 Å². The van der Waals surface area contributed by atoms with Crippen molar-refractivity contribution in [2.24, 2.45) is 0 Å². The van der Waals surface area contributed by atoms with E-state index in [0.29, 0.717) is 11.4 Å². The number of halogens is 1. The van der Waals surface area contributed by atoms with Crippen LogP contribution in [0.25, 0.3) is 0 Å². The van der Waals surface area contributed by atoms with Gasteiger partial charge in [0.25, 0.3) is 0 Å². The first-order valence-corrected chi connectivity index (χ1v) is 8.29. The van der Waals surface area contributed by atoms with E-state index in [4.69, 9.17) is 0 Å². The Morgan fingerprint density at radius 1 is 1.33 bits per heavy atom. The molecule has 98 valence electrons. The molecule has 1 aromatic carbocycles. The van der Waals surface area contributed by atoms with E-state index in [-0.39, 0.29) is 0 Å². The Hall–Kier alpha value is -0.650. The minimum atomic E-state index is -3.38. The molecule has 3 nitrogen and oxygen atoms in total. The van der Waals surface area contributed by atoms with Crippen LogP contribution in [0.5, 0.6) is 0 Å². The molecule has 0 atom stereocenters. The van der Waals surface area contributed by atoms with Gasteiger partial charge in [0.05, 0.1) is 4.90 Å². The fraction of sp³-hybridized carbons (Fsp3) is 0.385. The zero-order valence-electron chi connectivity index (χ0n) is 10.0. The molecule has 1 aliphatic rings. The van der Waals surface area contributed by atoms with Crippen molar-refractivity contribution < 1.29 is 8.42 Å². The lowest BCUT2D eigenvalue weighted by molar-refractivity contribution is 0.581. The molecule has 18 heavy (non-hydrogen) atoms. The Kier molecular flexibility index (Phi) is 4.59. The summed E-state index contributed by atoms with van der Waals surface area (Å²) in [4.78, 5) is 0.303. The summed E-state index contributed by atoms with van der Waals surface area (Å²) in [5.41, 5.74) is 1.37. The second kappa shape index (κ2) is 5.99. The van der Waals surface area contributed by atoms with Crippen molar-refractivity contribution in [1.29, 1.82) is 0 Å². The molecule has 0 heterocycles. The molecule has 1 aliphatic carbocycles. The molecule has 0 fully saturated rings. The third-order valence-corrected chi connectivity index (χ3v) is 4.93. The molecule has 1 aromatic rings. The number of allylic oxidation sites excluding steroid dienone is 1. The highest BCUT2D eigenvalue weighted by Crippen LogP contribution is 2.20. The summed E-state index contributed by atoms with van der Waals surface area (Å²) in [7, 11) is -3.38. The Morgan fingerprint density at radius 3 is 2.83 bits per heavy atom. The maximum Gasteiger partial charge on any atom is 0.240 e.